The SMILES string of the molecule is COCCn1c(CC2CC=C(c3ncc(F)c(OCOC)n3)CC2)nc2ccc(C(=O)OC)nc21. The largest absolute Gasteiger partial charge is 0.464 e. The summed E-state index contributed by atoms with van der Waals surface area (Å²) in [5.41, 5.74) is 2.55. The first-order chi connectivity index (χ1) is 17.0. The van der Waals surface area contributed by atoms with Crippen LogP contribution in [0.2, 0.25) is 0 Å². The number of ether oxygens (including phenoxy) is 4. The third kappa shape index (κ3) is 5.63. The second kappa shape index (κ2) is 11.3. The molecule has 4 rings (SSSR count). The molecule has 3 aromatic heterocycles. The second-order valence-corrected chi connectivity index (χ2v) is 8.17. The summed E-state index contributed by atoms with van der Waals surface area (Å²) in [6.07, 6.45) is 6.41. The number of carbonyl (C=O) groups is 1. The van der Waals surface area contributed by atoms with Crippen LogP contribution in [0.3, 0.4) is 0 Å². The molecule has 1 aliphatic carbocycles. The monoisotopic (exact) mass is 485 g/mol. The van der Waals surface area contributed by atoms with E-state index >= 15 is 0 Å². The van der Waals surface area contributed by atoms with E-state index in [1.54, 1.807) is 19.2 Å². The van der Waals surface area contributed by atoms with Gasteiger partial charge >= 0.3 is 5.97 Å². The van der Waals surface area contributed by atoms with Crippen LogP contribution in [0.4, 0.5) is 4.39 Å². The Balaban J connectivity index is 1.52. The number of halogens is 1. The van der Waals surface area contributed by atoms with Crippen LogP contribution >= 0.6 is 0 Å². The third-order valence-corrected chi connectivity index (χ3v) is 5.89. The Hall–Kier alpha value is -3.44. The van der Waals surface area contributed by atoms with Gasteiger partial charge in [0.05, 0.1) is 19.9 Å². The van der Waals surface area contributed by atoms with Gasteiger partial charge in [0.25, 0.3) is 5.88 Å². The van der Waals surface area contributed by atoms with Crippen LogP contribution in [-0.2, 0) is 27.2 Å². The van der Waals surface area contributed by atoms with Crippen molar-refractivity contribution in [3.8, 4) is 5.88 Å². The highest BCUT2D eigenvalue weighted by Gasteiger charge is 2.22. The van der Waals surface area contributed by atoms with Crippen molar-refractivity contribution in [2.75, 3.05) is 34.7 Å². The van der Waals surface area contributed by atoms with Crippen LogP contribution in [0, 0.1) is 11.7 Å². The van der Waals surface area contributed by atoms with E-state index in [1.165, 1.54) is 14.2 Å². The first kappa shape index (κ1) is 24.7. The van der Waals surface area contributed by atoms with Gasteiger partial charge in [-0.1, -0.05) is 6.08 Å². The van der Waals surface area contributed by atoms with Gasteiger partial charge < -0.3 is 23.5 Å². The Kier molecular flexibility index (Phi) is 7.98. The topological polar surface area (TPSA) is 110 Å². The quantitative estimate of drug-likeness (QED) is 0.316. The number of nitrogens with zero attached hydrogens (tertiary/aromatic N) is 5. The smallest absolute Gasteiger partial charge is 0.356 e. The van der Waals surface area contributed by atoms with Crippen molar-refractivity contribution in [3.05, 3.63) is 47.6 Å². The van der Waals surface area contributed by atoms with Crippen molar-refractivity contribution in [2.24, 2.45) is 5.92 Å². The van der Waals surface area contributed by atoms with E-state index in [-0.39, 0.29) is 18.4 Å². The number of imidazole rings is 1. The molecule has 0 spiro atoms. The first-order valence-electron chi connectivity index (χ1n) is 11.3. The maximum atomic E-state index is 13.9. The van der Waals surface area contributed by atoms with Crippen molar-refractivity contribution >= 4 is 22.7 Å². The number of hydrogen-bond acceptors (Lipinski definition) is 9. The molecular weight excluding hydrogens is 457 g/mol. The molecule has 3 aromatic rings. The van der Waals surface area contributed by atoms with Crippen LogP contribution < -0.4 is 4.74 Å². The summed E-state index contributed by atoms with van der Waals surface area (Å²) in [4.78, 5) is 29.6. The fourth-order valence-electron chi connectivity index (χ4n) is 4.10. The highest BCUT2D eigenvalue weighted by atomic mass is 19.1. The molecule has 0 fully saturated rings. The lowest BCUT2D eigenvalue weighted by atomic mass is 9.87. The molecule has 1 atom stereocenters. The summed E-state index contributed by atoms with van der Waals surface area (Å²) < 4.78 is 36.0. The van der Waals surface area contributed by atoms with Crippen LogP contribution in [0.25, 0.3) is 16.7 Å². The van der Waals surface area contributed by atoms with E-state index < -0.39 is 11.8 Å². The molecule has 35 heavy (non-hydrogen) atoms. The number of rotatable bonds is 10. The van der Waals surface area contributed by atoms with Gasteiger partial charge in [0.15, 0.2) is 24.0 Å². The number of methoxy groups -OCH3 is 3. The predicted octanol–water partition coefficient (Wildman–Crippen LogP) is 3.20. The Bertz CT molecular complexity index is 1230. The zero-order valence-electron chi connectivity index (χ0n) is 20.0. The molecule has 3 heterocycles. The van der Waals surface area contributed by atoms with Crippen LogP contribution in [0.5, 0.6) is 5.88 Å². The highest BCUT2D eigenvalue weighted by molar-refractivity contribution is 5.89. The zero-order valence-corrected chi connectivity index (χ0v) is 20.0. The minimum atomic E-state index is -0.626. The maximum absolute atomic E-state index is 13.9. The van der Waals surface area contributed by atoms with Gasteiger partial charge in [0, 0.05) is 27.2 Å². The molecular formula is C24H28FN5O5. The fraction of sp³-hybridized carbons (Fsp3) is 0.458. The van der Waals surface area contributed by atoms with Gasteiger partial charge in [-0.05, 0) is 42.9 Å². The van der Waals surface area contributed by atoms with E-state index in [4.69, 9.17) is 23.9 Å². The molecule has 11 heteroatoms. The summed E-state index contributed by atoms with van der Waals surface area (Å²) >= 11 is 0. The number of aromatic nitrogens is 5. The molecule has 0 amide bonds. The average molecular weight is 486 g/mol. The predicted molar refractivity (Wildman–Crippen MR) is 124 cm³/mol. The van der Waals surface area contributed by atoms with Crippen molar-refractivity contribution in [3.63, 3.8) is 0 Å². The van der Waals surface area contributed by atoms with Crippen molar-refractivity contribution in [1.29, 1.82) is 0 Å². The Morgan fingerprint density at radius 2 is 2.03 bits per heavy atom. The number of pyridine rings is 1. The standard InChI is InChI=1S/C24H28FN5O5/c1-32-11-10-30-20(27-18-8-9-19(24(31)34-3)28-22(18)30)12-15-4-6-16(7-5-15)21-26-13-17(25)23(29-21)35-14-33-2/h6,8-9,13,15H,4-5,7,10-12,14H2,1-3H3. The number of carbonyl (C=O) groups excluding carboxylic acids is 1. The van der Waals surface area contributed by atoms with Crippen LogP contribution in [0.1, 0.15) is 41.4 Å². The summed E-state index contributed by atoms with van der Waals surface area (Å²) in [6.45, 7) is 0.975. The van der Waals surface area contributed by atoms with Gasteiger partial charge in [0.1, 0.15) is 11.3 Å². The van der Waals surface area contributed by atoms with Gasteiger partial charge in [-0.25, -0.2) is 19.7 Å². The van der Waals surface area contributed by atoms with E-state index in [2.05, 4.69) is 21.0 Å². The van der Waals surface area contributed by atoms with Gasteiger partial charge in [-0.15, -0.1) is 0 Å². The molecule has 186 valence electrons. The summed E-state index contributed by atoms with van der Waals surface area (Å²) in [5, 5.41) is 0. The molecule has 0 saturated heterocycles. The lowest BCUT2D eigenvalue weighted by Gasteiger charge is -2.21. The molecule has 0 aromatic carbocycles. The van der Waals surface area contributed by atoms with Gasteiger partial charge in [-0.3, -0.25) is 0 Å². The molecule has 0 bridgehead atoms. The number of hydrogen-bond donors (Lipinski definition) is 0. The molecule has 0 radical (unpaired) electrons. The maximum Gasteiger partial charge on any atom is 0.356 e. The average Bonchev–Trinajstić information content (AvgIpc) is 3.22. The van der Waals surface area contributed by atoms with Crippen molar-refractivity contribution in [1.82, 2.24) is 24.5 Å². The number of allylic oxidation sites excluding steroid dienone is 2. The van der Waals surface area contributed by atoms with E-state index in [1.807, 2.05) is 4.57 Å². The molecule has 10 nitrogen and oxygen atoms in total. The van der Waals surface area contributed by atoms with E-state index in [9.17, 15) is 9.18 Å². The fourth-order valence-corrected chi connectivity index (χ4v) is 4.10. The van der Waals surface area contributed by atoms with Crippen molar-refractivity contribution < 1.29 is 28.1 Å². The lowest BCUT2D eigenvalue weighted by Crippen LogP contribution is -2.16. The molecule has 0 N–H and O–H groups in total. The van der Waals surface area contributed by atoms with Gasteiger partial charge in [0.2, 0.25) is 5.82 Å². The molecule has 0 aliphatic heterocycles. The molecule has 1 unspecified atom stereocenters. The minimum Gasteiger partial charge on any atom is -0.464 e. The second-order valence-electron chi connectivity index (χ2n) is 8.17. The zero-order chi connectivity index (χ0) is 24.8. The van der Waals surface area contributed by atoms with Crippen LogP contribution in [-0.4, -0.2) is 65.2 Å². The van der Waals surface area contributed by atoms with Crippen molar-refractivity contribution in [2.45, 2.75) is 32.2 Å². The normalized spacial score (nSPS) is 15.8. The summed E-state index contributed by atoms with van der Waals surface area (Å²) in [7, 11) is 4.43. The Morgan fingerprint density at radius 3 is 2.74 bits per heavy atom. The Morgan fingerprint density at radius 1 is 1.17 bits per heavy atom. The lowest BCUT2D eigenvalue weighted by molar-refractivity contribution is 0.0445. The molecule has 1 aliphatic rings. The minimum absolute atomic E-state index is 0.0887. The highest BCUT2D eigenvalue weighted by Crippen LogP contribution is 2.32. The number of esters is 1. The number of fused-ring (bicyclic) bond motifs is 1. The summed E-state index contributed by atoms with van der Waals surface area (Å²) in [6, 6.07) is 3.41. The third-order valence-electron chi connectivity index (χ3n) is 5.89. The summed E-state index contributed by atoms with van der Waals surface area (Å²) in [5.74, 6) is 0.465. The van der Waals surface area contributed by atoms with Gasteiger partial charge in [-0.2, -0.15) is 9.37 Å². The van der Waals surface area contributed by atoms with E-state index in [0.29, 0.717) is 30.5 Å². The first-order valence-corrected chi connectivity index (χ1v) is 11.3. The Labute approximate surface area is 202 Å². The molecule has 0 saturated carbocycles. The van der Waals surface area contributed by atoms with Crippen LogP contribution in [0.15, 0.2) is 24.4 Å². The van der Waals surface area contributed by atoms with E-state index in [0.717, 1.165) is 48.8 Å².